The maximum Gasteiger partial charge on any atom is 0.220 e. The molecule has 0 spiro atoms. The van der Waals surface area contributed by atoms with Crippen LogP contribution in [0.25, 0.3) is 0 Å². The molecule has 5 heteroatoms. The molecule has 1 aliphatic rings. The van der Waals surface area contributed by atoms with Crippen molar-refractivity contribution in [2.75, 3.05) is 33.2 Å². The molecule has 2 rings (SSSR count). The van der Waals surface area contributed by atoms with Gasteiger partial charge >= 0.3 is 0 Å². The maximum atomic E-state index is 12.1. The third-order valence-corrected chi connectivity index (χ3v) is 4.78. The van der Waals surface area contributed by atoms with Gasteiger partial charge < -0.3 is 10.2 Å². The minimum absolute atomic E-state index is 0.131. The Balaban J connectivity index is 1.70. The van der Waals surface area contributed by atoms with E-state index in [2.05, 4.69) is 47.1 Å². The van der Waals surface area contributed by atoms with Gasteiger partial charge in [0.15, 0.2) is 0 Å². The summed E-state index contributed by atoms with van der Waals surface area (Å²) in [4.78, 5) is 21.2. The van der Waals surface area contributed by atoms with E-state index in [0.29, 0.717) is 19.0 Å². The molecule has 1 amide bonds. The molecule has 0 radical (unpaired) electrons. The van der Waals surface area contributed by atoms with Crippen LogP contribution < -0.4 is 5.32 Å². The molecule has 5 nitrogen and oxygen atoms in total. The first-order valence-electron chi connectivity index (χ1n) is 8.57. The third-order valence-electron chi connectivity index (χ3n) is 4.78. The number of likely N-dealkylation sites (N-methyl/N-ethyl adjacent to an activating group) is 1. The Kier molecular flexibility index (Phi) is 6.54. The van der Waals surface area contributed by atoms with Crippen LogP contribution in [-0.4, -0.2) is 60.0 Å². The third kappa shape index (κ3) is 5.59. The molecule has 0 aliphatic carbocycles. The molecule has 1 aromatic rings. The first-order valence-corrected chi connectivity index (χ1v) is 8.57. The molecule has 0 bridgehead atoms. The van der Waals surface area contributed by atoms with E-state index >= 15 is 0 Å². The lowest BCUT2D eigenvalue weighted by molar-refractivity contribution is -0.121. The average molecular weight is 318 g/mol. The molecular formula is C18H30N4O. The molecule has 1 saturated heterocycles. The molecular weight excluding hydrogens is 288 g/mol. The van der Waals surface area contributed by atoms with Crippen molar-refractivity contribution in [2.45, 2.75) is 46.2 Å². The highest BCUT2D eigenvalue weighted by molar-refractivity contribution is 5.75. The van der Waals surface area contributed by atoms with Crippen LogP contribution in [0.3, 0.4) is 0 Å². The standard InChI is InChI=1S/C18H30N4O/c1-14-11-15(2)19-12-17(14)13-20-18(23)6-5-16(3)22-9-7-21(4)8-10-22/h11-12,16H,5-10,13H2,1-4H3,(H,20,23)/t16-/m0/s1. The van der Waals surface area contributed by atoms with E-state index in [1.807, 2.05) is 13.1 Å². The number of carbonyl (C=O) groups is 1. The minimum atomic E-state index is 0.131. The molecule has 1 atom stereocenters. The Morgan fingerprint density at radius 3 is 2.65 bits per heavy atom. The number of carbonyl (C=O) groups excluding carboxylic acids is 1. The van der Waals surface area contributed by atoms with Gasteiger partial charge in [0.1, 0.15) is 0 Å². The number of hydrogen-bond donors (Lipinski definition) is 1. The van der Waals surface area contributed by atoms with Gasteiger partial charge in [-0.15, -0.1) is 0 Å². The van der Waals surface area contributed by atoms with Gasteiger partial charge in [0.25, 0.3) is 0 Å². The summed E-state index contributed by atoms with van der Waals surface area (Å²) >= 11 is 0. The fourth-order valence-corrected chi connectivity index (χ4v) is 2.98. The number of rotatable bonds is 6. The summed E-state index contributed by atoms with van der Waals surface area (Å²) in [5.41, 5.74) is 3.29. The quantitative estimate of drug-likeness (QED) is 0.868. The van der Waals surface area contributed by atoms with Gasteiger partial charge in [-0.2, -0.15) is 0 Å². The second-order valence-electron chi connectivity index (χ2n) is 6.76. The number of pyridine rings is 1. The van der Waals surface area contributed by atoms with Crippen molar-refractivity contribution in [2.24, 2.45) is 0 Å². The van der Waals surface area contributed by atoms with Gasteiger partial charge in [0, 0.05) is 57.1 Å². The van der Waals surface area contributed by atoms with Crippen molar-refractivity contribution in [3.63, 3.8) is 0 Å². The van der Waals surface area contributed by atoms with E-state index in [9.17, 15) is 4.79 Å². The molecule has 128 valence electrons. The van der Waals surface area contributed by atoms with Gasteiger partial charge in [0.05, 0.1) is 0 Å². The van der Waals surface area contributed by atoms with Gasteiger partial charge in [0.2, 0.25) is 5.91 Å². The molecule has 2 heterocycles. The summed E-state index contributed by atoms with van der Waals surface area (Å²) in [5, 5.41) is 3.02. The average Bonchev–Trinajstić information content (AvgIpc) is 2.52. The van der Waals surface area contributed by atoms with Gasteiger partial charge in [-0.25, -0.2) is 0 Å². The van der Waals surface area contributed by atoms with Crippen LogP contribution in [0.15, 0.2) is 12.3 Å². The van der Waals surface area contributed by atoms with Crippen LogP contribution in [0, 0.1) is 13.8 Å². The predicted molar refractivity (Wildman–Crippen MR) is 93.3 cm³/mol. The van der Waals surface area contributed by atoms with Crippen LogP contribution in [-0.2, 0) is 11.3 Å². The lowest BCUT2D eigenvalue weighted by Crippen LogP contribution is -2.48. The number of nitrogens with one attached hydrogen (secondary N) is 1. The number of piperazine rings is 1. The molecule has 23 heavy (non-hydrogen) atoms. The molecule has 1 fully saturated rings. The van der Waals surface area contributed by atoms with E-state index < -0.39 is 0 Å². The topological polar surface area (TPSA) is 48.5 Å². The van der Waals surface area contributed by atoms with Gasteiger partial charge in [-0.3, -0.25) is 14.7 Å². The Labute approximate surface area is 140 Å². The van der Waals surface area contributed by atoms with Crippen LogP contribution in [0.2, 0.25) is 0 Å². The Morgan fingerprint density at radius 1 is 1.30 bits per heavy atom. The number of hydrogen-bond acceptors (Lipinski definition) is 4. The highest BCUT2D eigenvalue weighted by atomic mass is 16.1. The molecule has 0 unspecified atom stereocenters. The smallest absolute Gasteiger partial charge is 0.220 e. The monoisotopic (exact) mass is 318 g/mol. The molecule has 1 aromatic heterocycles. The lowest BCUT2D eigenvalue weighted by Gasteiger charge is -2.36. The normalized spacial score (nSPS) is 17.9. The van der Waals surface area contributed by atoms with Crippen LogP contribution in [0.4, 0.5) is 0 Å². The highest BCUT2D eigenvalue weighted by Gasteiger charge is 2.19. The van der Waals surface area contributed by atoms with E-state index in [1.54, 1.807) is 0 Å². The maximum absolute atomic E-state index is 12.1. The SMILES string of the molecule is Cc1cc(C)c(CNC(=O)CC[C@H](C)N2CCN(C)CC2)cn1. The van der Waals surface area contributed by atoms with Crippen molar-refractivity contribution >= 4 is 5.91 Å². The van der Waals surface area contributed by atoms with E-state index in [1.165, 1.54) is 5.56 Å². The predicted octanol–water partition coefficient (Wildman–Crippen LogP) is 1.73. The minimum Gasteiger partial charge on any atom is -0.352 e. The summed E-state index contributed by atoms with van der Waals surface area (Å²) < 4.78 is 0. The molecule has 0 aromatic carbocycles. The van der Waals surface area contributed by atoms with Crippen molar-refractivity contribution in [1.29, 1.82) is 0 Å². The first-order chi connectivity index (χ1) is 11.0. The van der Waals surface area contributed by atoms with Gasteiger partial charge in [-0.05, 0) is 51.4 Å². The number of nitrogens with zero attached hydrogens (tertiary/aromatic N) is 3. The molecule has 1 aliphatic heterocycles. The van der Waals surface area contributed by atoms with Gasteiger partial charge in [-0.1, -0.05) is 0 Å². The zero-order chi connectivity index (χ0) is 16.8. The Hall–Kier alpha value is -1.46. The lowest BCUT2D eigenvalue weighted by atomic mass is 10.1. The van der Waals surface area contributed by atoms with Crippen molar-refractivity contribution in [3.8, 4) is 0 Å². The second kappa shape index (κ2) is 8.41. The Bertz CT molecular complexity index is 524. The van der Waals surface area contributed by atoms with E-state index in [-0.39, 0.29) is 5.91 Å². The van der Waals surface area contributed by atoms with Crippen molar-refractivity contribution in [1.82, 2.24) is 20.1 Å². The summed E-state index contributed by atoms with van der Waals surface area (Å²) in [6.07, 6.45) is 3.37. The summed E-state index contributed by atoms with van der Waals surface area (Å²) in [7, 11) is 2.16. The second-order valence-corrected chi connectivity index (χ2v) is 6.76. The van der Waals surface area contributed by atoms with E-state index in [4.69, 9.17) is 0 Å². The Morgan fingerprint density at radius 2 is 2.00 bits per heavy atom. The fraction of sp³-hybridized carbons (Fsp3) is 0.667. The number of aryl methyl sites for hydroxylation is 2. The number of aromatic nitrogens is 1. The van der Waals surface area contributed by atoms with Crippen molar-refractivity contribution in [3.05, 3.63) is 29.1 Å². The summed E-state index contributed by atoms with van der Waals surface area (Å²) in [6, 6.07) is 2.52. The zero-order valence-corrected chi connectivity index (χ0v) is 14.9. The number of amides is 1. The molecule has 0 saturated carbocycles. The fourth-order valence-electron chi connectivity index (χ4n) is 2.98. The molecule has 1 N–H and O–H groups in total. The largest absolute Gasteiger partial charge is 0.352 e. The zero-order valence-electron chi connectivity index (χ0n) is 14.9. The van der Waals surface area contributed by atoms with Crippen molar-refractivity contribution < 1.29 is 4.79 Å². The highest BCUT2D eigenvalue weighted by Crippen LogP contribution is 2.11. The van der Waals surface area contributed by atoms with Crippen LogP contribution in [0.1, 0.15) is 36.6 Å². The summed E-state index contributed by atoms with van der Waals surface area (Å²) in [6.45, 7) is 11.3. The van der Waals surface area contributed by atoms with Crippen LogP contribution in [0.5, 0.6) is 0 Å². The first kappa shape index (κ1) is 17.9. The van der Waals surface area contributed by atoms with E-state index in [0.717, 1.165) is 43.9 Å². The summed E-state index contributed by atoms with van der Waals surface area (Å²) in [5.74, 6) is 0.131. The van der Waals surface area contributed by atoms with Crippen LogP contribution >= 0.6 is 0 Å².